The van der Waals surface area contributed by atoms with Crippen molar-refractivity contribution in [1.29, 1.82) is 0 Å². The third-order valence-electron chi connectivity index (χ3n) is 3.13. The lowest BCUT2D eigenvalue weighted by atomic mass is 10.1. The van der Waals surface area contributed by atoms with Crippen LogP contribution in [0, 0.1) is 0 Å². The molecule has 0 aliphatic carbocycles. The minimum Gasteiger partial charge on any atom is -0.468 e. The largest absolute Gasteiger partial charge is 0.468 e. The molecule has 0 saturated heterocycles. The summed E-state index contributed by atoms with van der Waals surface area (Å²) in [6.07, 6.45) is 1.93. The number of carbonyl (C=O) groups excluding carboxylic acids is 1. The van der Waals surface area contributed by atoms with Gasteiger partial charge in [0.25, 0.3) is 0 Å². The van der Waals surface area contributed by atoms with Crippen LogP contribution in [0.5, 0.6) is 0 Å². The Morgan fingerprint density at radius 1 is 1.37 bits per heavy atom. The Labute approximate surface area is 113 Å². The highest BCUT2D eigenvalue weighted by atomic mass is 16.5. The molecule has 19 heavy (non-hydrogen) atoms. The zero-order chi connectivity index (χ0) is 13.8. The zero-order valence-corrected chi connectivity index (χ0v) is 11.6. The molecule has 0 amide bonds. The number of methoxy groups -OCH3 is 1. The van der Waals surface area contributed by atoms with Gasteiger partial charge in [-0.3, -0.25) is 4.79 Å². The first-order valence-electron chi connectivity index (χ1n) is 6.48. The van der Waals surface area contributed by atoms with E-state index in [1.807, 2.05) is 22.9 Å². The first kappa shape index (κ1) is 13.6. The number of hydrogen-bond donors (Lipinski definition) is 1. The number of nitrogens with one attached hydrogen (secondary N) is 1. The summed E-state index contributed by atoms with van der Waals surface area (Å²) in [7, 11) is 1.41. The van der Waals surface area contributed by atoms with Crippen LogP contribution in [0.4, 0.5) is 0 Å². The number of hydrogen-bond acceptors (Lipinski definition) is 3. The van der Waals surface area contributed by atoms with Gasteiger partial charge in [-0.25, -0.2) is 0 Å². The normalized spacial score (nSPS) is 11.2. The van der Waals surface area contributed by atoms with E-state index < -0.39 is 0 Å². The van der Waals surface area contributed by atoms with Crippen LogP contribution < -0.4 is 5.32 Å². The Morgan fingerprint density at radius 3 is 2.84 bits per heavy atom. The lowest BCUT2D eigenvalue weighted by Gasteiger charge is -2.10. The van der Waals surface area contributed by atoms with Crippen LogP contribution in [-0.2, 0) is 22.6 Å². The van der Waals surface area contributed by atoms with E-state index in [4.69, 9.17) is 4.74 Å². The van der Waals surface area contributed by atoms with Crippen molar-refractivity contribution >= 4 is 16.9 Å². The number of ether oxygens (including phenoxy) is 1. The van der Waals surface area contributed by atoms with E-state index in [-0.39, 0.29) is 12.5 Å². The number of benzene rings is 1. The average molecular weight is 260 g/mol. The second-order valence-electron chi connectivity index (χ2n) is 4.91. The molecule has 1 aromatic carbocycles. The first-order valence-corrected chi connectivity index (χ1v) is 6.48. The van der Waals surface area contributed by atoms with Crippen molar-refractivity contribution in [2.45, 2.75) is 33.0 Å². The van der Waals surface area contributed by atoms with Crippen molar-refractivity contribution in [3.8, 4) is 0 Å². The van der Waals surface area contributed by atoms with Crippen LogP contribution in [0.3, 0.4) is 0 Å². The molecule has 0 saturated carbocycles. The molecule has 0 unspecified atom stereocenters. The Hall–Kier alpha value is -1.81. The molecule has 2 aromatic rings. The van der Waals surface area contributed by atoms with Crippen LogP contribution in [0.1, 0.15) is 19.4 Å². The summed E-state index contributed by atoms with van der Waals surface area (Å²) in [6.45, 7) is 5.34. The van der Waals surface area contributed by atoms with Gasteiger partial charge in [0, 0.05) is 29.7 Å². The minimum atomic E-state index is -0.233. The summed E-state index contributed by atoms with van der Waals surface area (Å²) in [6, 6.07) is 8.66. The molecule has 0 fully saturated rings. The fourth-order valence-electron chi connectivity index (χ4n) is 2.10. The minimum absolute atomic E-state index is 0.233. The van der Waals surface area contributed by atoms with E-state index in [9.17, 15) is 4.79 Å². The van der Waals surface area contributed by atoms with Crippen molar-refractivity contribution in [2.75, 3.05) is 7.11 Å². The Morgan fingerprint density at radius 2 is 2.16 bits per heavy atom. The number of fused-ring (bicyclic) bond motifs is 1. The topological polar surface area (TPSA) is 43.3 Å². The van der Waals surface area contributed by atoms with E-state index in [1.54, 1.807) is 0 Å². The summed E-state index contributed by atoms with van der Waals surface area (Å²) in [4.78, 5) is 11.4. The van der Waals surface area contributed by atoms with Crippen molar-refractivity contribution in [1.82, 2.24) is 9.88 Å². The van der Waals surface area contributed by atoms with E-state index in [0.717, 1.165) is 12.1 Å². The molecule has 1 N–H and O–H groups in total. The number of aromatic nitrogens is 1. The molecule has 0 atom stereocenters. The lowest BCUT2D eigenvalue weighted by Crippen LogP contribution is -2.21. The number of carbonyl (C=O) groups is 1. The highest BCUT2D eigenvalue weighted by Gasteiger charge is 2.08. The Kier molecular flexibility index (Phi) is 4.22. The summed E-state index contributed by atoms with van der Waals surface area (Å²) in [5.74, 6) is -0.233. The van der Waals surface area contributed by atoms with Crippen molar-refractivity contribution in [2.24, 2.45) is 0 Å². The van der Waals surface area contributed by atoms with Gasteiger partial charge in [-0.05, 0) is 17.7 Å². The molecular weight excluding hydrogens is 240 g/mol. The maximum absolute atomic E-state index is 11.4. The van der Waals surface area contributed by atoms with E-state index in [0.29, 0.717) is 6.04 Å². The van der Waals surface area contributed by atoms with Gasteiger partial charge in [0.1, 0.15) is 6.54 Å². The molecular formula is C15H20N2O2. The molecule has 2 rings (SSSR count). The van der Waals surface area contributed by atoms with Gasteiger partial charge in [-0.1, -0.05) is 26.0 Å². The number of esters is 1. The van der Waals surface area contributed by atoms with Gasteiger partial charge in [0.05, 0.1) is 7.11 Å². The van der Waals surface area contributed by atoms with Crippen molar-refractivity contribution < 1.29 is 9.53 Å². The number of rotatable bonds is 5. The van der Waals surface area contributed by atoms with Crippen LogP contribution in [-0.4, -0.2) is 23.7 Å². The zero-order valence-electron chi connectivity index (χ0n) is 11.6. The fraction of sp³-hybridized carbons (Fsp3) is 0.400. The molecule has 0 aliphatic heterocycles. The van der Waals surface area contributed by atoms with E-state index >= 15 is 0 Å². The highest BCUT2D eigenvalue weighted by molar-refractivity contribution is 5.85. The first-order chi connectivity index (χ1) is 9.11. The van der Waals surface area contributed by atoms with Gasteiger partial charge in [0.15, 0.2) is 0 Å². The van der Waals surface area contributed by atoms with Gasteiger partial charge in [-0.2, -0.15) is 0 Å². The lowest BCUT2D eigenvalue weighted by molar-refractivity contribution is -0.141. The smallest absolute Gasteiger partial charge is 0.325 e. The van der Waals surface area contributed by atoms with Gasteiger partial charge in [0.2, 0.25) is 0 Å². The van der Waals surface area contributed by atoms with Crippen LogP contribution in [0.15, 0.2) is 30.5 Å². The predicted molar refractivity (Wildman–Crippen MR) is 75.9 cm³/mol. The number of nitrogens with zero attached hydrogens (tertiary/aromatic N) is 1. The standard InChI is InChI=1S/C15H20N2O2/c1-11(2)16-9-12-5-4-6-14-13(12)7-8-17(14)10-15(18)19-3/h4-8,11,16H,9-10H2,1-3H3. The molecule has 1 heterocycles. The Balaban J connectivity index is 2.28. The molecule has 102 valence electrons. The summed E-state index contributed by atoms with van der Waals surface area (Å²) < 4.78 is 6.63. The maximum atomic E-state index is 11.4. The monoisotopic (exact) mass is 260 g/mol. The molecule has 4 heteroatoms. The second-order valence-corrected chi connectivity index (χ2v) is 4.91. The van der Waals surface area contributed by atoms with Crippen LogP contribution in [0.2, 0.25) is 0 Å². The molecule has 0 radical (unpaired) electrons. The SMILES string of the molecule is COC(=O)Cn1ccc2c(CNC(C)C)cccc21. The quantitative estimate of drug-likeness (QED) is 0.839. The maximum Gasteiger partial charge on any atom is 0.325 e. The molecule has 4 nitrogen and oxygen atoms in total. The fourth-order valence-corrected chi connectivity index (χ4v) is 2.10. The summed E-state index contributed by atoms with van der Waals surface area (Å²) >= 11 is 0. The third kappa shape index (κ3) is 3.15. The third-order valence-corrected chi connectivity index (χ3v) is 3.13. The van der Waals surface area contributed by atoms with Gasteiger partial charge < -0.3 is 14.6 Å². The van der Waals surface area contributed by atoms with E-state index in [1.165, 1.54) is 18.1 Å². The molecule has 0 bridgehead atoms. The van der Waals surface area contributed by atoms with Gasteiger partial charge in [-0.15, -0.1) is 0 Å². The van der Waals surface area contributed by atoms with Crippen molar-refractivity contribution in [3.63, 3.8) is 0 Å². The molecule has 0 aliphatic rings. The Bertz CT molecular complexity index is 573. The average Bonchev–Trinajstić information content (AvgIpc) is 2.80. The summed E-state index contributed by atoms with van der Waals surface area (Å²) in [5.41, 5.74) is 2.31. The van der Waals surface area contributed by atoms with Crippen LogP contribution in [0.25, 0.3) is 10.9 Å². The summed E-state index contributed by atoms with van der Waals surface area (Å²) in [5, 5.41) is 4.59. The highest BCUT2D eigenvalue weighted by Crippen LogP contribution is 2.20. The van der Waals surface area contributed by atoms with Gasteiger partial charge >= 0.3 is 5.97 Å². The second kappa shape index (κ2) is 5.89. The van der Waals surface area contributed by atoms with Crippen molar-refractivity contribution in [3.05, 3.63) is 36.0 Å². The van der Waals surface area contributed by atoms with Crippen LogP contribution >= 0.6 is 0 Å². The molecule has 1 aromatic heterocycles. The predicted octanol–water partition coefficient (Wildman–Crippen LogP) is 2.31. The molecule has 0 spiro atoms. The van der Waals surface area contributed by atoms with E-state index in [2.05, 4.69) is 31.3 Å².